The molecule has 2 atom stereocenters. The number of carboxylic acids is 1. The molecule has 7 rings (SSSR count). The number of primary amides is 1. The number of amides is 5. The lowest BCUT2D eigenvalue weighted by atomic mass is 9.98. The number of carbonyl (C=O) groups is 6. The molecule has 0 unspecified atom stereocenters. The van der Waals surface area contributed by atoms with Crippen molar-refractivity contribution in [1.82, 2.24) is 20.4 Å². The van der Waals surface area contributed by atoms with Crippen LogP contribution in [0.15, 0.2) is 82.8 Å². The van der Waals surface area contributed by atoms with Crippen LogP contribution in [0.5, 0.6) is 23.0 Å². The molecule has 0 saturated heterocycles. The Hall–Kier alpha value is -7.96. The number of hydrogen-bond donors (Lipinski definition) is 8. The van der Waals surface area contributed by atoms with E-state index in [-0.39, 0.29) is 71.0 Å². The van der Waals surface area contributed by atoms with Gasteiger partial charge in [0.05, 0.1) is 58.3 Å². The van der Waals surface area contributed by atoms with Gasteiger partial charge in [0.15, 0.2) is 0 Å². The van der Waals surface area contributed by atoms with Crippen molar-refractivity contribution >= 4 is 57.2 Å². The first-order chi connectivity index (χ1) is 30.2. The molecule has 0 fully saturated rings. The largest absolute Gasteiger partial charge is 0.507 e. The van der Waals surface area contributed by atoms with E-state index >= 15 is 0 Å². The zero-order valence-corrected chi connectivity index (χ0v) is 33.8. The molecule has 5 amide bonds. The second kappa shape index (κ2) is 17.9. The molecule has 0 radical (unpaired) electrons. The number of carboxylic acid groups (broad SMARTS) is 1. The van der Waals surface area contributed by atoms with E-state index in [1.54, 1.807) is 0 Å². The lowest BCUT2D eigenvalue weighted by Crippen LogP contribution is -2.56. The summed E-state index contributed by atoms with van der Waals surface area (Å²) in [6.07, 6.45) is -1.82. The molecule has 0 spiro atoms. The van der Waals surface area contributed by atoms with E-state index < -0.39 is 90.3 Å². The molecule has 63 heavy (non-hydrogen) atoms. The highest BCUT2D eigenvalue weighted by Gasteiger charge is 2.34. The SMILES string of the molecule is C[C@@H](C(N)=O)N1CCN=c2ccc(c3c(O)c4c(O)ccc(O)c4c(O)c23)=NCCN(C(=O)OCC2c3ccccc3-c3ccccc32)CC(=O)NCC(=O)N[C@@H](CC(=O)O)C1=O. The Morgan fingerprint density at radius 3 is 1.86 bits per heavy atom. The maximum Gasteiger partial charge on any atom is 0.410 e. The Morgan fingerprint density at radius 1 is 0.778 bits per heavy atom. The molecule has 1 heterocycles. The van der Waals surface area contributed by atoms with Gasteiger partial charge in [-0.05, 0) is 53.4 Å². The number of nitrogens with two attached hydrogens (primary N) is 1. The van der Waals surface area contributed by atoms with Crippen molar-refractivity contribution in [2.45, 2.75) is 31.3 Å². The number of fused-ring (bicyclic) bond motifs is 10. The van der Waals surface area contributed by atoms with Crippen molar-refractivity contribution in [3.05, 3.63) is 94.6 Å². The highest BCUT2D eigenvalue weighted by molar-refractivity contribution is 6.14. The summed E-state index contributed by atoms with van der Waals surface area (Å²) in [4.78, 5) is 89.6. The van der Waals surface area contributed by atoms with Crippen LogP contribution in [-0.4, -0.2) is 129 Å². The van der Waals surface area contributed by atoms with E-state index in [9.17, 15) is 54.3 Å². The van der Waals surface area contributed by atoms with Gasteiger partial charge in [0, 0.05) is 19.0 Å². The van der Waals surface area contributed by atoms with Crippen molar-refractivity contribution in [2.24, 2.45) is 15.7 Å². The van der Waals surface area contributed by atoms with Crippen LogP contribution in [0.4, 0.5) is 4.79 Å². The molecular weight excluding hydrogens is 819 g/mol. The first-order valence-corrected chi connectivity index (χ1v) is 19.8. The number of nitrogens with zero attached hydrogens (tertiary/aromatic N) is 4. The predicted octanol–water partition coefficient (Wildman–Crippen LogP) is 1.10. The third-order valence-corrected chi connectivity index (χ3v) is 11.1. The zero-order valence-electron chi connectivity index (χ0n) is 33.8. The van der Waals surface area contributed by atoms with Crippen LogP contribution in [-0.2, 0) is 28.7 Å². The minimum atomic E-state index is -1.73. The normalized spacial score (nSPS) is 16.9. The third-order valence-electron chi connectivity index (χ3n) is 11.1. The molecule has 5 aromatic rings. The number of ether oxygens (including phenoxy) is 1. The van der Waals surface area contributed by atoms with Gasteiger partial charge in [-0.3, -0.25) is 38.9 Å². The van der Waals surface area contributed by atoms with Crippen LogP contribution in [0.1, 0.15) is 30.4 Å². The van der Waals surface area contributed by atoms with E-state index in [0.29, 0.717) is 0 Å². The number of rotatable bonds is 6. The molecule has 0 aromatic heterocycles. The minimum Gasteiger partial charge on any atom is -0.507 e. The average Bonchev–Trinajstić information content (AvgIpc) is 3.58. The summed E-state index contributed by atoms with van der Waals surface area (Å²) in [6.45, 7) is -1.33. The van der Waals surface area contributed by atoms with Crippen molar-refractivity contribution in [2.75, 3.05) is 45.9 Å². The maximum atomic E-state index is 13.9. The lowest BCUT2D eigenvalue weighted by Gasteiger charge is -2.30. The van der Waals surface area contributed by atoms with Crippen LogP contribution in [0.25, 0.3) is 32.7 Å². The monoisotopic (exact) mass is 861 g/mol. The Morgan fingerprint density at radius 2 is 1.32 bits per heavy atom. The minimum absolute atomic E-state index is 0.00208. The van der Waals surface area contributed by atoms with E-state index in [1.165, 1.54) is 19.1 Å². The van der Waals surface area contributed by atoms with Crippen LogP contribution in [0, 0.1) is 0 Å². The highest BCUT2D eigenvalue weighted by atomic mass is 16.6. The number of benzene rings is 5. The molecule has 9 N–H and O–H groups in total. The predicted molar refractivity (Wildman–Crippen MR) is 224 cm³/mol. The Bertz CT molecular complexity index is 2790. The molecule has 1 aliphatic heterocycles. The second-order valence-electron chi connectivity index (χ2n) is 15.0. The Labute approximate surface area is 357 Å². The topological polar surface area (TPSA) is 294 Å². The summed E-state index contributed by atoms with van der Waals surface area (Å²) < 4.78 is 5.84. The van der Waals surface area contributed by atoms with Crippen LogP contribution in [0.3, 0.4) is 0 Å². The first-order valence-electron chi connectivity index (χ1n) is 19.8. The number of phenolic OH excluding ortho intramolecular Hbond substituents is 4. The Balaban J connectivity index is 1.30. The van der Waals surface area contributed by atoms with E-state index in [2.05, 4.69) is 20.6 Å². The molecule has 0 saturated carbocycles. The zero-order chi connectivity index (χ0) is 45.1. The van der Waals surface area contributed by atoms with Crippen LogP contribution >= 0.6 is 0 Å². The lowest BCUT2D eigenvalue weighted by molar-refractivity contribution is -0.146. The summed E-state index contributed by atoms with van der Waals surface area (Å²) in [7, 11) is 0. The average molecular weight is 862 g/mol. The van der Waals surface area contributed by atoms with Crippen molar-refractivity contribution in [1.29, 1.82) is 0 Å². The standard InChI is InChI=1S/C44H43N7O12/c1-22(42(45)60)51-17-15-47-29-11-10-28(36-37(29)41(59)39-32(53)13-12-31(52)38(39)40(36)58)46-14-16-50(20-34(55)48-19-33(54)49-30(43(51)61)18-35(56)57)44(62)63-21-27-25-8-4-2-6-23(25)24-7-3-5-9-26(24)27/h2-13,22,27,30,52-53,58-59H,14-21H2,1H3,(H2,45,60)(H,48,55)(H,49,54)(H,56,57)/t22-,30-/m0/s1. The summed E-state index contributed by atoms with van der Waals surface area (Å²) in [5, 5.41) is 58.5. The molecule has 1 aliphatic carbocycles. The van der Waals surface area contributed by atoms with Gasteiger partial charge in [-0.2, -0.15) is 0 Å². The molecule has 19 nitrogen and oxygen atoms in total. The maximum absolute atomic E-state index is 13.9. The fraction of sp³-hybridized carbons (Fsp3) is 0.273. The second-order valence-corrected chi connectivity index (χ2v) is 15.0. The quantitative estimate of drug-likeness (QED) is 0.0880. The fourth-order valence-corrected chi connectivity index (χ4v) is 8.00. The smallest absolute Gasteiger partial charge is 0.410 e. The van der Waals surface area contributed by atoms with Gasteiger partial charge >= 0.3 is 12.1 Å². The number of hydrogen-bond acceptors (Lipinski definition) is 13. The van der Waals surface area contributed by atoms with Crippen LogP contribution in [0.2, 0.25) is 0 Å². The van der Waals surface area contributed by atoms with Crippen molar-refractivity contribution in [3.63, 3.8) is 0 Å². The number of aliphatic carboxylic acids is 1. The van der Waals surface area contributed by atoms with Gasteiger partial charge in [-0.25, -0.2) is 4.79 Å². The number of aromatic hydroxyl groups is 4. The van der Waals surface area contributed by atoms with Gasteiger partial charge in [0.1, 0.15) is 48.2 Å². The summed E-state index contributed by atoms with van der Waals surface area (Å²) in [5.74, 6) is -7.76. The highest BCUT2D eigenvalue weighted by Crippen LogP contribution is 2.47. The Kier molecular flexibility index (Phi) is 12.3. The molecule has 2 aliphatic rings. The number of phenols is 4. The summed E-state index contributed by atoms with van der Waals surface area (Å²) >= 11 is 0. The molecule has 2 bridgehead atoms. The number of carbonyl (C=O) groups excluding carboxylic acids is 5. The van der Waals surface area contributed by atoms with Gasteiger partial charge < -0.3 is 51.5 Å². The van der Waals surface area contributed by atoms with Crippen molar-refractivity contribution in [3.8, 4) is 34.1 Å². The van der Waals surface area contributed by atoms with Gasteiger partial charge in [0.2, 0.25) is 23.6 Å². The summed E-state index contributed by atoms with van der Waals surface area (Å²) in [5.41, 5.74) is 9.43. The van der Waals surface area contributed by atoms with E-state index in [4.69, 9.17) is 10.5 Å². The van der Waals surface area contributed by atoms with E-state index in [0.717, 1.165) is 44.2 Å². The van der Waals surface area contributed by atoms with Gasteiger partial charge in [-0.15, -0.1) is 0 Å². The van der Waals surface area contributed by atoms with E-state index in [1.807, 2.05) is 48.5 Å². The fourth-order valence-electron chi connectivity index (χ4n) is 8.00. The van der Waals surface area contributed by atoms with Gasteiger partial charge in [-0.1, -0.05) is 48.5 Å². The van der Waals surface area contributed by atoms with Gasteiger partial charge in [0.25, 0.3) is 0 Å². The number of nitrogens with one attached hydrogen (secondary N) is 2. The third kappa shape index (κ3) is 8.65. The molecule has 326 valence electrons. The van der Waals surface area contributed by atoms with Crippen LogP contribution < -0.4 is 27.1 Å². The molecular formula is C44H43N7O12. The first kappa shape index (κ1) is 43.1. The molecule has 19 heteroatoms. The molecule has 5 aromatic carbocycles. The summed E-state index contributed by atoms with van der Waals surface area (Å²) in [6, 6.07) is 17.4. The van der Waals surface area contributed by atoms with Crippen molar-refractivity contribution < 1.29 is 59.0 Å².